The van der Waals surface area contributed by atoms with Gasteiger partial charge >= 0.3 is 11.9 Å². The van der Waals surface area contributed by atoms with Gasteiger partial charge in [-0.1, -0.05) is 31.9 Å². The minimum Gasteiger partial charge on any atom is -0.460 e. The first-order valence-corrected chi connectivity index (χ1v) is 11.1. The molecule has 0 aliphatic heterocycles. The first-order chi connectivity index (χ1) is 12.7. The van der Waals surface area contributed by atoms with Crippen molar-refractivity contribution in [3.63, 3.8) is 0 Å². The third-order valence-electron chi connectivity index (χ3n) is 2.99. The second kappa shape index (κ2) is 11.7. The van der Waals surface area contributed by atoms with Gasteiger partial charge in [-0.15, -0.1) is 0 Å². The minimum atomic E-state index is -0.649. The summed E-state index contributed by atoms with van der Waals surface area (Å²) in [5.41, 5.74) is -1.30. The lowest BCUT2D eigenvalue weighted by Gasteiger charge is -2.34. The summed E-state index contributed by atoms with van der Waals surface area (Å²) in [6.45, 7) is 10.4. The quantitative estimate of drug-likeness (QED) is 0.272. The normalized spacial score (nSPS) is 11.6. The molecule has 0 aliphatic rings. The second-order valence-corrected chi connectivity index (χ2v) is 9.10. The third-order valence-corrected chi connectivity index (χ3v) is 3.95. The lowest BCUT2D eigenvalue weighted by Crippen LogP contribution is -2.52. The Labute approximate surface area is 183 Å². The molecule has 0 rings (SSSR count). The Kier molecular flexibility index (Phi) is 11.3. The van der Waals surface area contributed by atoms with Crippen LogP contribution >= 0.6 is 31.9 Å². The number of halogens is 2. The van der Waals surface area contributed by atoms with E-state index in [0.717, 1.165) is 10.0 Å². The Bertz CT molecular complexity index is 519. The molecule has 10 heteroatoms. The van der Waals surface area contributed by atoms with Crippen LogP contribution in [-0.2, 0) is 28.7 Å². The highest BCUT2D eigenvalue weighted by Crippen LogP contribution is 2.13. The number of nitrogens with zero attached hydrogens (tertiary/aromatic N) is 2. The van der Waals surface area contributed by atoms with Crippen LogP contribution in [0.25, 0.3) is 0 Å². The van der Waals surface area contributed by atoms with Crippen molar-refractivity contribution in [2.75, 3.05) is 23.7 Å². The Morgan fingerprint density at radius 2 is 0.964 bits per heavy atom. The predicted molar refractivity (Wildman–Crippen MR) is 112 cm³/mol. The van der Waals surface area contributed by atoms with Gasteiger partial charge in [0.05, 0.1) is 36.6 Å². The number of hydrazine groups is 1. The summed E-state index contributed by atoms with van der Waals surface area (Å²) in [6, 6.07) is 0. The molecule has 0 saturated heterocycles. The number of hydrogen-bond acceptors (Lipinski definition) is 6. The Hall–Kier alpha value is -1.16. The molecule has 0 heterocycles. The Morgan fingerprint density at radius 3 is 1.18 bits per heavy atom. The van der Waals surface area contributed by atoms with Crippen LogP contribution in [0.5, 0.6) is 0 Å². The summed E-state index contributed by atoms with van der Waals surface area (Å²) in [5, 5.41) is 2.24. The molecule has 2 amide bonds. The Morgan fingerprint density at radius 1 is 0.679 bits per heavy atom. The van der Waals surface area contributed by atoms with Crippen LogP contribution in [0.15, 0.2) is 0 Å². The smallest absolute Gasteiger partial charge is 0.308 e. The molecule has 0 aromatic rings. The fourth-order valence-electron chi connectivity index (χ4n) is 2.08. The lowest BCUT2D eigenvalue weighted by atomic mass is 10.2. The molecule has 0 atom stereocenters. The van der Waals surface area contributed by atoms with Gasteiger partial charge in [0.15, 0.2) is 0 Å². The van der Waals surface area contributed by atoms with E-state index in [4.69, 9.17) is 9.47 Å². The van der Waals surface area contributed by atoms with Gasteiger partial charge < -0.3 is 9.47 Å². The molecular weight excluding hydrogens is 500 g/mol. The van der Waals surface area contributed by atoms with E-state index >= 15 is 0 Å². The minimum absolute atomic E-state index is 0.0418. The van der Waals surface area contributed by atoms with E-state index in [1.54, 1.807) is 41.5 Å². The van der Waals surface area contributed by atoms with E-state index in [-0.39, 0.29) is 36.6 Å². The number of amides is 2. The van der Waals surface area contributed by atoms with Crippen molar-refractivity contribution in [3.05, 3.63) is 0 Å². The van der Waals surface area contributed by atoms with E-state index < -0.39 is 35.0 Å². The highest BCUT2D eigenvalue weighted by molar-refractivity contribution is 9.09. The fourth-order valence-corrected chi connectivity index (χ4v) is 2.66. The van der Waals surface area contributed by atoms with Gasteiger partial charge in [-0.05, 0) is 41.5 Å². The van der Waals surface area contributed by atoms with Crippen LogP contribution in [0.1, 0.15) is 54.4 Å². The number of hydrogen-bond donors (Lipinski definition) is 0. The molecule has 162 valence electrons. The van der Waals surface area contributed by atoms with Crippen molar-refractivity contribution < 1.29 is 28.7 Å². The molecule has 0 saturated carbocycles. The highest BCUT2D eigenvalue weighted by atomic mass is 79.9. The van der Waals surface area contributed by atoms with Crippen molar-refractivity contribution >= 4 is 55.6 Å². The fraction of sp³-hybridized carbons (Fsp3) is 0.778. The third kappa shape index (κ3) is 11.6. The predicted octanol–water partition coefficient (Wildman–Crippen LogP) is 2.81. The molecule has 0 spiro atoms. The average molecular weight is 530 g/mol. The molecule has 0 aromatic carbocycles. The van der Waals surface area contributed by atoms with Crippen molar-refractivity contribution in [2.24, 2.45) is 0 Å². The highest BCUT2D eigenvalue weighted by Gasteiger charge is 2.28. The summed E-state index contributed by atoms with van der Waals surface area (Å²) >= 11 is 6.16. The van der Waals surface area contributed by atoms with Gasteiger partial charge in [-0.3, -0.25) is 29.2 Å². The summed E-state index contributed by atoms with van der Waals surface area (Å²) in [6.07, 6.45) is -0.178. The molecule has 0 bridgehead atoms. The van der Waals surface area contributed by atoms with Crippen LogP contribution in [0, 0.1) is 0 Å². The van der Waals surface area contributed by atoms with E-state index in [0.29, 0.717) is 0 Å². The average Bonchev–Trinajstić information content (AvgIpc) is 2.53. The lowest BCUT2D eigenvalue weighted by molar-refractivity contribution is -0.168. The van der Waals surface area contributed by atoms with Gasteiger partial charge in [0, 0.05) is 0 Å². The number of rotatable bonds is 8. The summed E-state index contributed by atoms with van der Waals surface area (Å²) in [4.78, 5) is 48.7. The van der Waals surface area contributed by atoms with E-state index in [9.17, 15) is 19.2 Å². The van der Waals surface area contributed by atoms with Crippen molar-refractivity contribution in [3.8, 4) is 0 Å². The van der Waals surface area contributed by atoms with Gasteiger partial charge in [-0.25, -0.2) is 0 Å². The number of ether oxygens (including phenoxy) is 2. The van der Waals surface area contributed by atoms with Crippen LogP contribution in [0.2, 0.25) is 0 Å². The van der Waals surface area contributed by atoms with Gasteiger partial charge in [0.1, 0.15) is 11.2 Å². The maximum Gasteiger partial charge on any atom is 0.308 e. The zero-order chi connectivity index (χ0) is 22.1. The zero-order valence-corrected chi connectivity index (χ0v) is 20.5. The number of carbonyl (C=O) groups is 4. The Balaban J connectivity index is 5.22. The number of carbonyl (C=O) groups excluding carboxylic acids is 4. The topological polar surface area (TPSA) is 93.2 Å². The number of esters is 2. The van der Waals surface area contributed by atoms with E-state index in [2.05, 4.69) is 31.9 Å². The van der Waals surface area contributed by atoms with Crippen molar-refractivity contribution in [2.45, 2.75) is 65.6 Å². The van der Waals surface area contributed by atoms with Crippen LogP contribution in [0.4, 0.5) is 0 Å². The molecule has 28 heavy (non-hydrogen) atoms. The molecular formula is C18H30Br2N2O6. The van der Waals surface area contributed by atoms with E-state index in [1.165, 1.54) is 0 Å². The molecule has 0 aromatic heterocycles. The maximum atomic E-state index is 12.3. The van der Waals surface area contributed by atoms with Gasteiger partial charge in [-0.2, -0.15) is 0 Å². The van der Waals surface area contributed by atoms with Gasteiger partial charge in [0.2, 0.25) is 0 Å². The second-order valence-electron chi connectivity index (χ2n) is 7.97. The molecule has 0 N–H and O–H groups in total. The summed E-state index contributed by atoms with van der Waals surface area (Å²) in [5.74, 6) is -1.80. The molecule has 0 unspecified atom stereocenters. The SMILES string of the molecule is CC(C)(C)OC(=O)CCN(C(=O)CBr)N(CCC(=O)OC(C)(C)C)C(=O)CBr. The van der Waals surface area contributed by atoms with E-state index in [1.807, 2.05) is 0 Å². The first kappa shape index (κ1) is 26.8. The molecule has 0 fully saturated rings. The number of alkyl halides is 2. The molecule has 0 radical (unpaired) electrons. The summed E-state index contributed by atoms with van der Waals surface area (Å²) < 4.78 is 10.5. The monoisotopic (exact) mass is 528 g/mol. The van der Waals surface area contributed by atoms with Gasteiger partial charge in [0.25, 0.3) is 11.8 Å². The van der Waals surface area contributed by atoms with Crippen LogP contribution in [0.3, 0.4) is 0 Å². The molecule has 0 aliphatic carbocycles. The maximum absolute atomic E-state index is 12.3. The van der Waals surface area contributed by atoms with Crippen LogP contribution in [-0.4, -0.2) is 68.7 Å². The van der Waals surface area contributed by atoms with Crippen LogP contribution < -0.4 is 0 Å². The standard InChI is InChI=1S/C18H30Br2N2O6/c1-17(2,3)27-15(25)7-9-21(13(23)11-19)22(14(24)12-20)10-8-16(26)28-18(4,5)6/h7-12H2,1-6H3. The molecule has 8 nitrogen and oxygen atoms in total. The summed E-state index contributed by atoms with van der Waals surface area (Å²) in [7, 11) is 0. The largest absolute Gasteiger partial charge is 0.460 e. The van der Waals surface area contributed by atoms with Crippen molar-refractivity contribution in [1.82, 2.24) is 10.0 Å². The zero-order valence-electron chi connectivity index (χ0n) is 17.3. The first-order valence-electron chi connectivity index (χ1n) is 8.86. The van der Waals surface area contributed by atoms with Crippen molar-refractivity contribution in [1.29, 1.82) is 0 Å².